The van der Waals surface area contributed by atoms with Gasteiger partial charge in [-0.05, 0) is 47.7 Å². The maximum absolute atomic E-state index is 9.88. The van der Waals surface area contributed by atoms with E-state index in [1.165, 1.54) is 11.1 Å². The Bertz CT molecular complexity index is 817. The van der Waals surface area contributed by atoms with E-state index < -0.39 is 0 Å². The Labute approximate surface area is 133 Å². The SMILES string of the molecule is Oc1cc2c(cc1O)C1Cc3ccc4c(c3CN1CC2)OCO4. The highest BCUT2D eigenvalue weighted by molar-refractivity contribution is 5.55. The maximum Gasteiger partial charge on any atom is 0.231 e. The first-order valence-electron chi connectivity index (χ1n) is 7.90. The molecule has 5 nitrogen and oxygen atoms in total. The van der Waals surface area contributed by atoms with E-state index in [1.54, 1.807) is 12.1 Å². The van der Waals surface area contributed by atoms with Crippen molar-refractivity contribution in [2.45, 2.75) is 25.4 Å². The van der Waals surface area contributed by atoms with Gasteiger partial charge in [0.15, 0.2) is 23.0 Å². The number of aromatic hydroxyl groups is 2. The molecule has 0 fully saturated rings. The van der Waals surface area contributed by atoms with E-state index in [0.717, 1.165) is 48.6 Å². The van der Waals surface area contributed by atoms with Crippen LogP contribution in [0.25, 0.3) is 0 Å². The molecule has 3 aliphatic heterocycles. The molecule has 0 bridgehead atoms. The molecular formula is C18H17NO4. The number of rotatable bonds is 0. The molecule has 1 unspecified atom stereocenters. The summed E-state index contributed by atoms with van der Waals surface area (Å²) in [6.45, 7) is 2.06. The average Bonchev–Trinajstić information content (AvgIpc) is 3.03. The highest BCUT2D eigenvalue weighted by Crippen LogP contribution is 2.46. The molecule has 0 saturated carbocycles. The van der Waals surface area contributed by atoms with Crippen molar-refractivity contribution < 1.29 is 19.7 Å². The summed E-state index contributed by atoms with van der Waals surface area (Å²) in [5.41, 5.74) is 4.75. The van der Waals surface area contributed by atoms with Crippen LogP contribution in [-0.4, -0.2) is 28.5 Å². The van der Waals surface area contributed by atoms with Crippen LogP contribution in [0.1, 0.15) is 28.3 Å². The fourth-order valence-electron chi connectivity index (χ4n) is 4.05. The molecule has 0 aromatic heterocycles. The molecule has 2 aromatic rings. The fourth-order valence-corrected chi connectivity index (χ4v) is 4.05. The van der Waals surface area contributed by atoms with Gasteiger partial charge in [0.25, 0.3) is 0 Å². The molecule has 0 spiro atoms. The molecule has 23 heavy (non-hydrogen) atoms. The van der Waals surface area contributed by atoms with Crippen LogP contribution >= 0.6 is 0 Å². The minimum atomic E-state index is -0.0397. The third-order valence-electron chi connectivity index (χ3n) is 5.22. The number of hydrogen-bond donors (Lipinski definition) is 2. The van der Waals surface area contributed by atoms with Crippen molar-refractivity contribution in [3.63, 3.8) is 0 Å². The normalized spacial score (nSPS) is 21.5. The van der Waals surface area contributed by atoms with E-state index in [1.807, 2.05) is 6.07 Å². The zero-order valence-corrected chi connectivity index (χ0v) is 12.6. The Morgan fingerprint density at radius 1 is 1.04 bits per heavy atom. The van der Waals surface area contributed by atoms with Gasteiger partial charge < -0.3 is 19.7 Å². The van der Waals surface area contributed by atoms with Crippen LogP contribution in [0.15, 0.2) is 24.3 Å². The Morgan fingerprint density at radius 3 is 2.83 bits per heavy atom. The molecule has 0 saturated heterocycles. The third kappa shape index (κ3) is 1.83. The number of hydrogen-bond acceptors (Lipinski definition) is 5. The molecule has 0 amide bonds. The number of fused-ring (bicyclic) bond motifs is 6. The second-order valence-electron chi connectivity index (χ2n) is 6.42. The molecule has 3 heterocycles. The summed E-state index contributed by atoms with van der Waals surface area (Å²) >= 11 is 0. The molecule has 2 aromatic carbocycles. The summed E-state index contributed by atoms with van der Waals surface area (Å²) in [5.74, 6) is 1.65. The minimum Gasteiger partial charge on any atom is -0.504 e. The van der Waals surface area contributed by atoms with Crippen molar-refractivity contribution in [3.8, 4) is 23.0 Å². The second kappa shape index (κ2) is 4.55. The van der Waals surface area contributed by atoms with Gasteiger partial charge in [-0.15, -0.1) is 0 Å². The van der Waals surface area contributed by atoms with E-state index in [-0.39, 0.29) is 17.5 Å². The monoisotopic (exact) mass is 311 g/mol. The van der Waals surface area contributed by atoms with E-state index in [4.69, 9.17) is 9.47 Å². The zero-order chi connectivity index (χ0) is 15.6. The highest BCUT2D eigenvalue weighted by Gasteiger charge is 2.35. The standard InChI is InChI=1S/C18H17NO4/c20-15-6-11-3-4-19-8-13-10(1-2-17-18(13)23-9-22-17)5-14(19)12(11)7-16(15)21/h1-2,6-7,14,20-21H,3-5,8-9H2. The minimum absolute atomic E-state index is 0.0308. The second-order valence-corrected chi connectivity index (χ2v) is 6.42. The van der Waals surface area contributed by atoms with Crippen LogP contribution in [0.5, 0.6) is 23.0 Å². The maximum atomic E-state index is 9.88. The van der Waals surface area contributed by atoms with Crippen molar-refractivity contribution in [1.82, 2.24) is 4.90 Å². The first kappa shape index (κ1) is 13.1. The van der Waals surface area contributed by atoms with Crippen LogP contribution in [0.2, 0.25) is 0 Å². The number of phenolic OH excluding ortho intramolecular Hbond substituents is 2. The van der Waals surface area contributed by atoms with Gasteiger partial charge in [0.05, 0.1) is 0 Å². The molecule has 1 atom stereocenters. The van der Waals surface area contributed by atoms with Gasteiger partial charge in [-0.2, -0.15) is 0 Å². The Hall–Kier alpha value is -2.40. The fraction of sp³-hybridized carbons (Fsp3) is 0.333. The van der Waals surface area contributed by atoms with E-state index in [0.29, 0.717) is 6.79 Å². The quantitative estimate of drug-likeness (QED) is 0.732. The van der Waals surface area contributed by atoms with Crippen molar-refractivity contribution in [3.05, 3.63) is 46.5 Å². The summed E-state index contributed by atoms with van der Waals surface area (Å²) in [6.07, 6.45) is 1.75. The topological polar surface area (TPSA) is 62.2 Å². The van der Waals surface area contributed by atoms with Crippen LogP contribution < -0.4 is 9.47 Å². The Morgan fingerprint density at radius 2 is 1.91 bits per heavy atom. The largest absolute Gasteiger partial charge is 0.504 e. The Balaban J connectivity index is 1.60. The summed E-state index contributed by atoms with van der Waals surface area (Å²) in [7, 11) is 0. The predicted octanol–water partition coefficient (Wildman–Crippen LogP) is 2.48. The van der Waals surface area contributed by atoms with Crippen molar-refractivity contribution in [2.75, 3.05) is 13.3 Å². The first-order chi connectivity index (χ1) is 11.2. The zero-order valence-electron chi connectivity index (χ0n) is 12.6. The van der Waals surface area contributed by atoms with Gasteiger partial charge in [-0.25, -0.2) is 0 Å². The van der Waals surface area contributed by atoms with Crippen LogP contribution in [0.3, 0.4) is 0 Å². The first-order valence-corrected chi connectivity index (χ1v) is 7.90. The lowest BCUT2D eigenvalue weighted by Crippen LogP contribution is -2.39. The molecule has 118 valence electrons. The molecule has 0 radical (unpaired) electrons. The van der Waals surface area contributed by atoms with Crippen LogP contribution in [-0.2, 0) is 19.4 Å². The van der Waals surface area contributed by atoms with Crippen molar-refractivity contribution in [1.29, 1.82) is 0 Å². The highest BCUT2D eigenvalue weighted by atomic mass is 16.7. The number of nitrogens with zero attached hydrogens (tertiary/aromatic N) is 1. The summed E-state index contributed by atoms with van der Waals surface area (Å²) in [4.78, 5) is 2.42. The smallest absolute Gasteiger partial charge is 0.231 e. The Kier molecular flexibility index (Phi) is 2.59. The van der Waals surface area contributed by atoms with Gasteiger partial charge in [0, 0.05) is 24.7 Å². The van der Waals surface area contributed by atoms with Gasteiger partial charge >= 0.3 is 0 Å². The predicted molar refractivity (Wildman–Crippen MR) is 82.9 cm³/mol. The van der Waals surface area contributed by atoms with Gasteiger partial charge in [0.2, 0.25) is 6.79 Å². The molecule has 2 N–H and O–H groups in total. The average molecular weight is 311 g/mol. The number of ether oxygens (including phenoxy) is 2. The van der Waals surface area contributed by atoms with E-state index >= 15 is 0 Å². The summed E-state index contributed by atoms with van der Waals surface area (Å²) in [6, 6.07) is 7.76. The summed E-state index contributed by atoms with van der Waals surface area (Å²) < 4.78 is 11.1. The van der Waals surface area contributed by atoms with E-state index in [9.17, 15) is 10.2 Å². The van der Waals surface area contributed by atoms with Crippen LogP contribution in [0, 0.1) is 0 Å². The summed E-state index contributed by atoms with van der Waals surface area (Å²) in [5, 5.41) is 19.6. The van der Waals surface area contributed by atoms with Crippen molar-refractivity contribution >= 4 is 0 Å². The van der Waals surface area contributed by atoms with E-state index in [2.05, 4.69) is 11.0 Å². The molecule has 3 aliphatic rings. The lowest BCUT2D eigenvalue weighted by atomic mass is 9.83. The number of phenols is 2. The van der Waals surface area contributed by atoms with Gasteiger partial charge in [0.1, 0.15) is 0 Å². The third-order valence-corrected chi connectivity index (χ3v) is 5.22. The molecule has 0 aliphatic carbocycles. The van der Waals surface area contributed by atoms with Crippen molar-refractivity contribution in [2.24, 2.45) is 0 Å². The molecule has 5 rings (SSSR count). The molecule has 5 heteroatoms. The number of benzene rings is 2. The molecular weight excluding hydrogens is 294 g/mol. The van der Waals surface area contributed by atoms with Gasteiger partial charge in [-0.3, -0.25) is 4.90 Å². The van der Waals surface area contributed by atoms with Gasteiger partial charge in [-0.1, -0.05) is 6.07 Å². The lowest BCUT2D eigenvalue weighted by molar-refractivity contribution is 0.151. The lowest BCUT2D eigenvalue weighted by Gasteiger charge is -2.41. The van der Waals surface area contributed by atoms with Crippen LogP contribution in [0.4, 0.5) is 0 Å².